The van der Waals surface area contributed by atoms with Crippen LogP contribution in [0.3, 0.4) is 0 Å². The highest BCUT2D eigenvalue weighted by molar-refractivity contribution is 5.96. The number of hydrogen-bond acceptors (Lipinski definition) is 6. The Bertz CT molecular complexity index is 1710. The smallest absolute Gasteiger partial charge is 0.279 e. The van der Waals surface area contributed by atoms with Crippen LogP contribution >= 0.6 is 0 Å². The number of carbonyl (C=O) groups excluding carboxylic acids is 1. The number of amides is 1. The minimum Gasteiger partial charge on any atom is -0.309 e. The molecular formula is C26H24N6O4. The first-order chi connectivity index (χ1) is 17.3. The molecule has 10 nitrogen and oxygen atoms in total. The second kappa shape index (κ2) is 9.92. The maximum absolute atomic E-state index is 13.3. The van der Waals surface area contributed by atoms with Crippen LogP contribution in [0.25, 0.3) is 16.7 Å². The van der Waals surface area contributed by atoms with E-state index >= 15 is 0 Å². The number of nitro benzene ring substituents is 1. The van der Waals surface area contributed by atoms with Gasteiger partial charge in [0, 0.05) is 29.9 Å². The Morgan fingerprint density at radius 3 is 2.64 bits per heavy atom. The molecule has 1 amide bonds. The van der Waals surface area contributed by atoms with Gasteiger partial charge in [-0.1, -0.05) is 31.9 Å². The average molecular weight is 485 g/mol. The number of unbranched alkanes of at least 4 members (excludes halogenated alkanes) is 2. The quantitative estimate of drug-likeness (QED) is 0.176. The van der Waals surface area contributed by atoms with E-state index in [9.17, 15) is 25.0 Å². The molecule has 0 atom stereocenters. The molecule has 36 heavy (non-hydrogen) atoms. The van der Waals surface area contributed by atoms with E-state index in [1.165, 1.54) is 28.7 Å². The molecular weight excluding hydrogens is 460 g/mol. The van der Waals surface area contributed by atoms with Crippen LogP contribution in [0.15, 0.2) is 52.4 Å². The first-order valence-electron chi connectivity index (χ1n) is 11.6. The summed E-state index contributed by atoms with van der Waals surface area (Å²) in [5, 5.41) is 21.5. The van der Waals surface area contributed by atoms with Gasteiger partial charge in [-0.2, -0.15) is 10.3 Å². The Balaban J connectivity index is 2.05. The van der Waals surface area contributed by atoms with Gasteiger partial charge in [-0.15, -0.1) is 0 Å². The molecule has 0 aliphatic rings. The summed E-state index contributed by atoms with van der Waals surface area (Å²) in [5.74, 6) is -0.730. The molecule has 0 unspecified atom stereocenters. The number of hydrogen-bond donors (Lipinski definition) is 0. The molecule has 182 valence electrons. The van der Waals surface area contributed by atoms with Crippen molar-refractivity contribution >= 4 is 28.3 Å². The first-order valence-corrected chi connectivity index (χ1v) is 11.6. The van der Waals surface area contributed by atoms with Crippen molar-refractivity contribution in [3.63, 3.8) is 0 Å². The van der Waals surface area contributed by atoms with Gasteiger partial charge in [0.05, 0.1) is 15.9 Å². The van der Waals surface area contributed by atoms with Crippen molar-refractivity contribution in [3.05, 3.63) is 90.8 Å². The van der Waals surface area contributed by atoms with Gasteiger partial charge in [0.15, 0.2) is 5.49 Å². The van der Waals surface area contributed by atoms with Gasteiger partial charge in [-0.25, -0.2) is 4.98 Å². The fraction of sp³-hybridized carbons (Fsp3) is 0.269. The molecule has 0 fully saturated rings. The minimum absolute atomic E-state index is 0.0266. The van der Waals surface area contributed by atoms with Crippen molar-refractivity contribution in [2.45, 2.75) is 46.6 Å². The van der Waals surface area contributed by atoms with Crippen LogP contribution in [-0.2, 0) is 6.54 Å². The van der Waals surface area contributed by atoms with Crippen molar-refractivity contribution in [3.8, 4) is 6.07 Å². The molecule has 0 saturated carbocycles. The molecule has 0 saturated heterocycles. The molecule has 1 aromatic carbocycles. The Morgan fingerprint density at radius 1 is 1.17 bits per heavy atom. The molecule has 3 heterocycles. The van der Waals surface area contributed by atoms with Crippen LogP contribution in [0.5, 0.6) is 0 Å². The van der Waals surface area contributed by atoms with Crippen LogP contribution in [0.4, 0.5) is 5.69 Å². The minimum atomic E-state index is -0.730. The van der Waals surface area contributed by atoms with Gasteiger partial charge in [-0.05, 0) is 44.0 Å². The number of aromatic nitrogens is 3. The van der Waals surface area contributed by atoms with E-state index in [1.54, 1.807) is 23.8 Å². The fourth-order valence-electron chi connectivity index (χ4n) is 4.12. The second-order valence-electron chi connectivity index (χ2n) is 8.57. The number of fused-ring (bicyclic) bond motifs is 2. The van der Waals surface area contributed by atoms with E-state index in [0.29, 0.717) is 29.8 Å². The van der Waals surface area contributed by atoms with E-state index in [4.69, 9.17) is 4.98 Å². The maximum Gasteiger partial charge on any atom is 0.279 e. The molecule has 0 bridgehead atoms. The summed E-state index contributed by atoms with van der Waals surface area (Å²) in [5.41, 5.74) is 1.62. The van der Waals surface area contributed by atoms with Crippen molar-refractivity contribution in [1.82, 2.24) is 14.0 Å². The predicted octanol–water partition coefficient (Wildman–Crippen LogP) is 3.98. The van der Waals surface area contributed by atoms with Crippen LogP contribution < -0.4 is 11.0 Å². The zero-order valence-electron chi connectivity index (χ0n) is 20.2. The summed E-state index contributed by atoms with van der Waals surface area (Å²) in [6.45, 7) is 5.86. The zero-order chi connectivity index (χ0) is 26.0. The normalized spacial score (nSPS) is 11.7. The number of aryl methyl sites for hydroxylation is 3. The lowest BCUT2D eigenvalue weighted by Gasteiger charge is -2.14. The van der Waals surface area contributed by atoms with Gasteiger partial charge in [-0.3, -0.25) is 24.1 Å². The summed E-state index contributed by atoms with van der Waals surface area (Å²) in [7, 11) is 0. The summed E-state index contributed by atoms with van der Waals surface area (Å²) >= 11 is 0. The van der Waals surface area contributed by atoms with Gasteiger partial charge >= 0.3 is 0 Å². The second-order valence-corrected chi connectivity index (χ2v) is 8.57. The van der Waals surface area contributed by atoms with Gasteiger partial charge < -0.3 is 4.57 Å². The van der Waals surface area contributed by atoms with Crippen LogP contribution in [-0.4, -0.2) is 24.8 Å². The summed E-state index contributed by atoms with van der Waals surface area (Å²) in [6, 6.07) is 11.2. The molecule has 4 rings (SSSR count). The van der Waals surface area contributed by atoms with Gasteiger partial charge in [0.25, 0.3) is 17.2 Å². The maximum atomic E-state index is 13.3. The highest BCUT2D eigenvalue weighted by atomic mass is 16.6. The summed E-state index contributed by atoms with van der Waals surface area (Å²) < 4.78 is 3.07. The molecule has 0 spiro atoms. The molecule has 4 aromatic rings. The molecule has 3 aromatic heterocycles. The zero-order valence-corrected chi connectivity index (χ0v) is 20.2. The van der Waals surface area contributed by atoms with Crippen LogP contribution in [0, 0.1) is 35.3 Å². The Labute approximate surface area is 205 Å². The molecule has 0 radical (unpaired) electrons. The first kappa shape index (κ1) is 24.5. The molecule has 0 N–H and O–H groups in total. The highest BCUT2D eigenvalue weighted by Crippen LogP contribution is 2.20. The topological polar surface area (TPSA) is 136 Å². The van der Waals surface area contributed by atoms with Crippen molar-refractivity contribution in [1.29, 1.82) is 5.26 Å². The number of nitrogens with zero attached hydrogens (tertiary/aromatic N) is 6. The van der Waals surface area contributed by atoms with E-state index < -0.39 is 10.8 Å². The van der Waals surface area contributed by atoms with Gasteiger partial charge in [0.2, 0.25) is 0 Å². The lowest BCUT2D eigenvalue weighted by molar-refractivity contribution is -0.385. The van der Waals surface area contributed by atoms with Crippen molar-refractivity contribution < 1.29 is 9.72 Å². The largest absolute Gasteiger partial charge is 0.309 e. The molecule has 0 aliphatic carbocycles. The number of pyridine rings is 2. The summed E-state index contributed by atoms with van der Waals surface area (Å²) in [6.07, 6.45) is 4.16. The van der Waals surface area contributed by atoms with Gasteiger partial charge in [0.1, 0.15) is 17.4 Å². The van der Waals surface area contributed by atoms with Crippen LogP contribution in [0.2, 0.25) is 0 Å². The van der Waals surface area contributed by atoms with Crippen molar-refractivity contribution in [2.75, 3.05) is 0 Å². The van der Waals surface area contributed by atoms with E-state index in [2.05, 4.69) is 11.9 Å². The third-order valence-corrected chi connectivity index (χ3v) is 6.07. The lowest BCUT2D eigenvalue weighted by Crippen LogP contribution is -2.29. The number of nitriles is 1. The number of carbonyl (C=O) groups is 1. The standard InChI is InChI=1S/C26H24N6O4/c1-4-5-6-11-30-23(29-25(33)18-10-9-16(2)21(14-18)32(35)36)19(15-27)13-20-24(30)28-22-17(3)8-7-12-31(22)26(20)34/h7-10,12-14H,4-6,11H2,1-3H3. The Kier molecular flexibility index (Phi) is 6.74. The van der Waals surface area contributed by atoms with E-state index in [1.807, 2.05) is 19.1 Å². The third kappa shape index (κ3) is 4.38. The number of nitro groups is 1. The third-order valence-electron chi connectivity index (χ3n) is 6.07. The van der Waals surface area contributed by atoms with E-state index in [-0.39, 0.29) is 33.2 Å². The number of rotatable bonds is 6. The summed E-state index contributed by atoms with van der Waals surface area (Å²) in [4.78, 5) is 46.2. The Hall–Kier alpha value is -4.65. The molecule has 10 heteroatoms. The number of benzene rings is 1. The van der Waals surface area contributed by atoms with E-state index in [0.717, 1.165) is 18.4 Å². The lowest BCUT2D eigenvalue weighted by atomic mass is 10.1. The van der Waals surface area contributed by atoms with Crippen LogP contribution in [0.1, 0.15) is 53.2 Å². The fourth-order valence-corrected chi connectivity index (χ4v) is 4.12. The van der Waals surface area contributed by atoms with Crippen molar-refractivity contribution in [2.24, 2.45) is 4.99 Å². The SMILES string of the molecule is CCCCCn1c(=NC(=O)c2ccc(C)c([N+](=O)[O-])c2)c(C#N)cc2c(=O)n3cccc(C)c3nc21. The highest BCUT2D eigenvalue weighted by Gasteiger charge is 2.18. The average Bonchev–Trinajstić information content (AvgIpc) is 2.86. The Morgan fingerprint density at radius 2 is 1.94 bits per heavy atom. The molecule has 0 aliphatic heterocycles. The monoisotopic (exact) mass is 484 g/mol. The predicted molar refractivity (Wildman–Crippen MR) is 134 cm³/mol.